The first kappa shape index (κ1) is 15.5. The molecule has 0 fully saturated rings. The van der Waals surface area contributed by atoms with Crippen LogP contribution in [0.3, 0.4) is 0 Å². The van der Waals surface area contributed by atoms with Gasteiger partial charge in [-0.15, -0.1) is 0 Å². The van der Waals surface area contributed by atoms with Crippen molar-refractivity contribution in [3.05, 3.63) is 59.8 Å². The Morgan fingerprint density at radius 3 is 2.48 bits per heavy atom. The van der Waals surface area contributed by atoms with Crippen molar-refractivity contribution >= 4 is 10.9 Å². The van der Waals surface area contributed by atoms with Crippen molar-refractivity contribution in [1.29, 1.82) is 0 Å². The molecule has 0 aliphatic heterocycles. The van der Waals surface area contributed by atoms with Crippen molar-refractivity contribution in [3.63, 3.8) is 0 Å². The maximum atomic E-state index is 6.01. The predicted molar refractivity (Wildman–Crippen MR) is 94.4 cm³/mol. The van der Waals surface area contributed by atoms with Gasteiger partial charge < -0.3 is 14.0 Å². The number of hydrogen-bond acceptors (Lipinski definition) is 2. The van der Waals surface area contributed by atoms with E-state index in [0.29, 0.717) is 12.6 Å². The molecule has 0 aliphatic rings. The van der Waals surface area contributed by atoms with Gasteiger partial charge in [-0.3, -0.25) is 0 Å². The van der Waals surface area contributed by atoms with Crippen LogP contribution in [0, 0.1) is 6.92 Å². The first-order valence-electron chi connectivity index (χ1n) is 7.96. The van der Waals surface area contributed by atoms with E-state index in [2.05, 4.69) is 49.7 Å². The Morgan fingerprint density at radius 2 is 1.78 bits per heavy atom. The first-order valence-corrected chi connectivity index (χ1v) is 7.96. The molecule has 1 aromatic heterocycles. The average Bonchev–Trinajstić information content (AvgIpc) is 2.91. The number of nitrogens with zero attached hydrogens (tertiary/aromatic N) is 1. The van der Waals surface area contributed by atoms with Gasteiger partial charge in [0.2, 0.25) is 0 Å². The molecule has 0 amide bonds. The molecule has 3 rings (SSSR count). The van der Waals surface area contributed by atoms with Crippen LogP contribution in [0.25, 0.3) is 10.9 Å². The lowest BCUT2D eigenvalue weighted by atomic mass is 10.1. The van der Waals surface area contributed by atoms with Crippen molar-refractivity contribution in [2.45, 2.75) is 33.4 Å². The van der Waals surface area contributed by atoms with Gasteiger partial charge in [-0.2, -0.15) is 0 Å². The van der Waals surface area contributed by atoms with E-state index >= 15 is 0 Å². The molecular weight excluding hydrogens is 286 g/mol. The van der Waals surface area contributed by atoms with E-state index in [9.17, 15) is 0 Å². The van der Waals surface area contributed by atoms with Gasteiger partial charge in [0.15, 0.2) is 11.5 Å². The largest absolute Gasteiger partial charge is 0.493 e. The van der Waals surface area contributed by atoms with Crippen molar-refractivity contribution in [2.75, 3.05) is 7.11 Å². The molecule has 0 N–H and O–H groups in total. The van der Waals surface area contributed by atoms with E-state index in [1.54, 1.807) is 7.11 Å². The lowest BCUT2D eigenvalue weighted by Crippen LogP contribution is -1.99. The molecule has 0 atom stereocenters. The zero-order valence-corrected chi connectivity index (χ0v) is 14.2. The van der Waals surface area contributed by atoms with Gasteiger partial charge >= 0.3 is 0 Å². The number of ether oxygens (including phenoxy) is 2. The second-order valence-corrected chi connectivity index (χ2v) is 6.12. The topological polar surface area (TPSA) is 23.4 Å². The molecule has 3 nitrogen and oxygen atoms in total. The fourth-order valence-electron chi connectivity index (χ4n) is 2.87. The van der Waals surface area contributed by atoms with Crippen molar-refractivity contribution in [3.8, 4) is 11.5 Å². The van der Waals surface area contributed by atoms with Crippen molar-refractivity contribution in [2.24, 2.45) is 0 Å². The van der Waals surface area contributed by atoms with Gasteiger partial charge in [0.1, 0.15) is 6.61 Å². The number of methoxy groups -OCH3 is 1. The van der Waals surface area contributed by atoms with Crippen LogP contribution < -0.4 is 9.47 Å². The van der Waals surface area contributed by atoms with Gasteiger partial charge in [0, 0.05) is 28.7 Å². The zero-order chi connectivity index (χ0) is 16.4. The van der Waals surface area contributed by atoms with Gasteiger partial charge in [-0.05, 0) is 44.5 Å². The molecular formula is C20H23NO2. The summed E-state index contributed by atoms with van der Waals surface area (Å²) in [6.07, 6.45) is 2.20. The molecule has 2 aromatic carbocycles. The lowest BCUT2D eigenvalue weighted by molar-refractivity contribution is 0.285. The highest BCUT2D eigenvalue weighted by Gasteiger charge is 2.12. The summed E-state index contributed by atoms with van der Waals surface area (Å²) < 4.78 is 13.7. The quantitative estimate of drug-likeness (QED) is 0.653. The molecule has 0 aliphatic carbocycles. The van der Waals surface area contributed by atoms with Crippen molar-refractivity contribution in [1.82, 2.24) is 4.57 Å². The average molecular weight is 309 g/mol. The minimum absolute atomic E-state index is 0.416. The van der Waals surface area contributed by atoms with Gasteiger partial charge in [0.05, 0.1) is 7.11 Å². The number of fused-ring (bicyclic) bond motifs is 1. The van der Waals surface area contributed by atoms with Crippen LogP contribution in [0.2, 0.25) is 0 Å². The highest BCUT2D eigenvalue weighted by molar-refractivity contribution is 5.84. The Morgan fingerprint density at radius 1 is 1.04 bits per heavy atom. The number of benzene rings is 2. The maximum Gasteiger partial charge on any atom is 0.161 e. The van der Waals surface area contributed by atoms with Gasteiger partial charge in [-0.25, -0.2) is 0 Å². The van der Waals surface area contributed by atoms with Gasteiger partial charge in [-0.1, -0.05) is 24.3 Å². The molecule has 1 heterocycles. The van der Waals surface area contributed by atoms with Crippen LogP contribution in [-0.2, 0) is 6.61 Å². The molecule has 3 aromatic rings. The Bertz CT molecular complexity index is 818. The maximum absolute atomic E-state index is 6.01. The normalized spacial score (nSPS) is 11.2. The monoisotopic (exact) mass is 309 g/mol. The molecule has 3 heteroatoms. The molecule has 0 radical (unpaired) electrons. The molecule has 0 bridgehead atoms. The van der Waals surface area contributed by atoms with E-state index in [0.717, 1.165) is 11.5 Å². The molecule has 0 unspecified atom stereocenters. The lowest BCUT2D eigenvalue weighted by Gasteiger charge is -2.10. The predicted octanol–water partition coefficient (Wildman–Crippen LogP) is 5.12. The van der Waals surface area contributed by atoms with E-state index < -0.39 is 0 Å². The van der Waals surface area contributed by atoms with Crippen molar-refractivity contribution < 1.29 is 9.47 Å². The summed E-state index contributed by atoms with van der Waals surface area (Å²) >= 11 is 0. The second-order valence-electron chi connectivity index (χ2n) is 6.12. The van der Waals surface area contributed by atoms with Crippen LogP contribution in [0.5, 0.6) is 11.5 Å². The van der Waals surface area contributed by atoms with Crippen LogP contribution >= 0.6 is 0 Å². The summed E-state index contributed by atoms with van der Waals surface area (Å²) in [6, 6.07) is 14.7. The second kappa shape index (κ2) is 6.37. The third-order valence-corrected chi connectivity index (χ3v) is 4.08. The standard InChI is InChI=1S/C20H23NO2/c1-14(2)21-12-16(17-10-9-15(3)11-18(17)21)13-23-20-8-6-5-7-19(20)22-4/h5-12,14H,13H2,1-4H3. The molecule has 120 valence electrons. The van der Waals surface area contributed by atoms with Crippen LogP contribution in [0.15, 0.2) is 48.7 Å². The Labute approximate surface area is 137 Å². The SMILES string of the molecule is COc1ccccc1OCc1cn(C(C)C)c2cc(C)ccc12. The smallest absolute Gasteiger partial charge is 0.161 e. The Kier molecular flexibility index (Phi) is 4.28. The fourth-order valence-corrected chi connectivity index (χ4v) is 2.87. The Hall–Kier alpha value is -2.42. The van der Waals surface area contributed by atoms with Gasteiger partial charge in [0.25, 0.3) is 0 Å². The summed E-state index contributed by atoms with van der Waals surface area (Å²) in [7, 11) is 1.66. The van der Waals surface area contributed by atoms with E-state index in [-0.39, 0.29) is 0 Å². The highest BCUT2D eigenvalue weighted by atomic mass is 16.5. The fraction of sp³-hybridized carbons (Fsp3) is 0.300. The van der Waals surface area contributed by atoms with Crippen LogP contribution in [0.1, 0.15) is 31.0 Å². The summed E-state index contributed by atoms with van der Waals surface area (Å²) in [4.78, 5) is 0. The van der Waals surface area contributed by atoms with E-state index in [1.165, 1.54) is 22.0 Å². The number of para-hydroxylation sites is 2. The first-order chi connectivity index (χ1) is 11.1. The number of hydrogen-bond donors (Lipinski definition) is 0. The highest BCUT2D eigenvalue weighted by Crippen LogP contribution is 2.30. The summed E-state index contributed by atoms with van der Waals surface area (Å²) in [6.45, 7) is 7.06. The zero-order valence-electron chi connectivity index (χ0n) is 14.2. The molecule has 0 spiro atoms. The minimum Gasteiger partial charge on any atom is -0.493 e. The summed E-state index contributed by atoms with van der Waals surface area (Å²) in [5, 5.41) is 1.25. The number of aryl methyl sites for hydroxylation is 1. The van der Waals surface area contributed by atoms with E-state index in [1.807, 2.05) is 24.3 Å². The molecule has 0 saturated heterocycles. The third kappa shape index (κ3) is 3.04. The molecule has 0 saturated carbocycles. The Balaban J connectivity index is 1.94. The van der Waals surface area contributed by atoms with Crippen LogP contribution in [0.4, 0.5) is 0 Å². The molecule has 23 heavy (non-hydrogen) atoms. The minimum atomic E-state index is 0.416. The number of rotatable bonds is 5. The van der Waals surface area contributed by atoms with E-state index in [4.69, 9.17) is 9.47 Å². The summed E-state index contributed by atoms with van der Waals surface area (Å²) in [5.74, 6) is 1.53. The summed E-state index contributed by atoms with van der Waals surface area (Å²) in [5.41, 5.74) is 3.73. The third-order valence-electron chi connectivity index (χ3n) is 4.08. The number of aromatic nitrogens is 1. The van der Waals surface area contributed by atoms with Crippen LogP contribution in [-0.4, -0.2) is 11.7 Å².